The summed E-state index contributed by atoms with van der Waals surface area (Å²) in [6, 6.07) is 14.0. The van der Waals surface area contributed by atoms with Crippen molar-refractivity contribution in [2.45, 2.75) is 6.92 Å². The smallest absolute Gasteiger partial charge is 0.409 e. The highest BCUT2D eigenvalue weighted by Gasteiger charge is 2.27. The van der Waals surface area contributed by atoms with E-state index in [1.165, 1.54) is 0 Å². The second kappa shape index (κ2) is 10.8. The summed E-state index contributed by atoms with van der Waals surface area (Å²) in [5.41, 5.74) is 1.03. The van der Waals surface area contributed by atoms with Gasteiger partial charge in [-0.15, -0.1) is 0 Å². The Morgan fingerprint density at radius 1 is 0.968 bits per heavy atom. The van der Waals surface area contributed by atoms with Crippen LogP contribution in [0.15, 0.2) is 53.0 Å². The summed E-state index contributed by atoms with van der Waals surface area (Å²) in [5, 5.41) is 2.75. The fourth-order valence-corrected chi connectivity index (χ4v) is 3.38. The molecule has 1 N–H and O–H groups in total. The van der Waals surface area contributed by atoms with E-state index in [9.17, 15) is 14.4 Å². The third kappa shape index (κ3) is 6.21. The van der Waals surface area contributed by atoms with Crippen LogP contribution in [0.2, 0.25) is 0 Å². The molecule has 3 amide bonds. The van der Waals surface area contributed by atoms with Crippen LogP contribution in [0.5, 0.6) is 5.75 Å². The molecule has 2 aromatic rings. The van der Waals surface area contributed by atoms with Crippen molar-refractivity contribution in [3.8, 4) is 5.75 Å². The Hall–Kier alpha value is -3.07. The van der Waals surface area contributed by atoms with E-state index in [1.807, 2.05) is 12.1 Å². The van der Waals surface area contributed by atoms with Crippen molar-refractivity contribution in [1.82, 2.24) is 9.80 Å². The zero-order valence-electron chi connectivity index (χ0n) is 17.2. The third-order valence-electron chi connectivity index (χ3n) is 4.70. The summed E-state index contributed by atoms with van der Waals surface area (Å²) in [6.45, 7) is 3.46. The molecular weight excluding hydrogens is 466 g/mol. The molecule has 9 heteroatoms. The maximum absolute atomic E-state index is 13.0. The van der Waals surface area contributed by atoms with Crippen molar-refractivity contribution >= 4 is 39.5 Å². The topological polar surface area (TPSA) is 88.2 Å². The number of hydrogen-bond acceptors (Lipinski definition) is 5. The van der Waals surface area contributed by atoms with E-state index in [0.29, 0.717) is 49.8 Å². The summed E-state index contributed by atoms with van der Waals surface area (Å²) < 4.78 is 11.6. The van der Waals surface area contributed by atoms with Crippen LogP contribution in [0.1, 0.15) is 17.3 Å². The molecule has 1 aliphatic heterocycles. The molecule has 0 saturated carbocycles. The minimum atomic E-state index is -0.366. The Morgan fingerprint density at radius 2 is 1.61 bits per heavy atom. The van der Waals surface area contributed by atoms with Gasteiger partial charge in [-0.3, -0.25) is 9.59 Å². The first-order valence-corrected chi connectivity index (χ1v) is 10.8. The minimum absolute atomic E-state index is 0.201. The molecule has 164 valence electrons. The summed E-state index contributed by atoms with van der Waals surface area (Å²) in [5.74, 6) is -0.189. The van der Waals surface area contributed by atoms with E-state index in [-0.39, 0.29) is 24.5 Å². The molecule has 0 unspecified atom stereocenters. The lowest BCUT2D eigenvalue weighted by molar-refractivity contribution is -0.118. The van der Waals surface area contributed by atoms with E-state index < -0.39 is 0 Å². The highest BCUT2D eigenvalue weighted by molar-refractivity contribution is 9.10. The zero-order valence-corrected chi connectivity index (χ0v) is 18.8. The molecule has 1 aliphatic rings. The van der Waals surface area contributed by atoms with Crippen molar-refractivity contribution < 1.29 is 23.9 Å². The molecule has 31 heavy (non-hydrogen) atoms. The molecule has 0 atom stereocenters. The van der Waals surface area contributed by atoms with Crippen LogP contribution in [0.25, 0.3) is 0 Å². The van der Waals surface area contributed by atoms with Crippen LogP contribution in [-0.4, -0.2) is 67.1 Å². The van der Waals surface area contributed by atoms with E-state index in [0.717, 1.165) is 4.47 Å². The average molecular weight is 490 g/mol. The first kappa shape index (κ1) is 22.6. The van der Waals surface area contributed by atoms with E-state index in [2.05, 4.69) is 21.2 Å². The number of amides is 3. The number of anilines is 1. The van der Waals surface area contributed by atoms with Gasteiger partial charge in [0.15, 0.2) is 6.61 Å². The molecular formula is C22H24BrN3O5. The van der Waals surface area contributed by atoms with Gasteiger partial charge in [0, 0.05) is 36.3 Å². The van der Waals surface area contributed by atoms with E-state index in [4.69, 9.17) is 9.47 Å². The molecule has 3 rings (SSSR count). The first-order chi connectivity index (χ1) is 15.0. The summed E-state index contributed by atoms with van der Waals surface area (Å²) in [4.78, 5) is 40.3. The van der Waals surface area contributed by atoms with Crippen molar-refractivity contribution in [3.05, 3.63) is 58.6 Å². The number of piperazine rings is 1. The Morgan fingerprint density at radius 3 is 2.29 bits per heavy atom. The fourth-order valence-electron chi connectivity index (χ4n) is 3.12. The molecule has 1 saturated heterocycles. The van der Waals surface area contributed by atoms with E-state index in [1.54, 1.807) is 53.1 Å². The number of halogens is 1. The van der Waals surface area contributed by atoms with Crippen LogP contribution in [0.4, 0.5) is 10.5 Å². The molecule has 0 bridgehead atoms. The lowest BCUT2D eigenvalue weighted by Gasteiger charge is -2.34. The number of carbonyl (C=O) groups is 3. The van der Waals surface area contributed by atoms with Gasteiger partial charge in [0.2, 0.25) is 0 Å². The quantitative estimate of drug-likeness (QED) is 0.671. The monoisotopic (exact) mass is 489 g/mol. The van der Waals surface area contributed by atoms with Crippen LogP contribution >= 0.6 is 15.9 Å². The van der Waals surface area contributed by atoms with Crippen LogP contribution in [0.3, 0.4) is 0 Å². The molecule has 0 aliphatic carbocycles. The number of benzene rings is 2. The molecule has 0 radical (unpaired) electrons. The van der Waals surface area contributed by atoms with Crippen LogP contribution in [-0.2, 0) is 9.53 Å². The number of carbonyl (C=O) groups excluding carboxylic acids is 3. The van der Waals surface area contributed by atoms with Gasteiger partial charge >= 0.3 is 6.09 Å². The summed E-state index contributed by atoms with van der Waals surface area (Å²) >= 11 is 3.35. The lowest BCUT2D eigenvalue weighted by atomic mass is 10.1. The zero-order chi connectivity index (χ0) is 22.2. The van der Waals surface area contributed by atoms with Gasteiger partial charge in [0.1, 0.15) is 5.75 Å². The second-order valence-electron chi connectivity index (χ2n) is 6.82. The molecule has 1 fully saturated rings. The van der Waals surface area contributed by atoms with Crippen LogP contribution in [0, 0.1) is 0 Å². The fraction of sp³-hybridized carbons (Fsp3) is 0.318. The Kier molecular flexibility index (Phi) is 7.88. The van der Waals surface area contributed by atoms with Gasteiger partial charge in [0.25, 0.3) is 11.8 Å². The van der Waals surface area contributed by atoms with Gasteiger partial charge in [-0.25, -0.2) is 4.79 Å². The highest BCUT2D eigenvalue weighted by atomic mass is 79.9. The standard InChI is InChI=1S/C22H24BrN3O5/c1-2-30-22(29)26-13-11-25(12-14-26)21(28)18-5-3-4-6-19(18)31-15-20(27)24-17-9-7-16(23)8-10-17/h3-10H,2,11-15H2,1H3,(H,24,27). The van der Waals surface area contributed by atoms with Crippen molar-refractivity contribution in [1.29, 1.82) is 0 Å². The normalized spacial score (nSPS) is 13.5. The minimum Gasteiger partial charge on any atom is -0.483 e. The number of nitrogens with one attached hydrogen (secondary N) is 1. The predicted octanol–water partition coefficient (Wildman–Crippen LogP) is 3.38. The number of para-hydroxylation sites is 1. The Balaban J connectivity index is 1.57. The van der Waals surface area contributed by atoms with Gasteiger partial charge < -0.3 is 24.6 Å². The number of nitrogens with zero attached hydrogens (tertiary/aromatic N) is 2. The highest BCUT2D eigenvalue weighted by Crippen LogP contribution is 2.21. The molecule has 0 aromatic heterocycles. The Labute approximate surface area is 189 Å². The third-order valence-corrected chi connectivity index (χ3v) is 5.23. The van der Waals surface area contributed by atoms with Gasteiger partial charge in [-0.2, -0.15) is 0 Å². The number of rotatable bonds is 6. The summed E-state index contributed by atoms with van der Waals surface area (Å²) in [6.07, 6.45) is -0.366. The Bertz CT molecular complexity index is 927. The average Bonchev–Trinajstić information content (AvgIpc) is 2.79. The van der Waals surface area contributed by atoms with Crippen molar-refractivity contribution in [2.24, 2.45) is 0 Å². The maximum Gasteiger partial charge on any atom is 0.409 e. The van der Waals surface area contributed by atoms with Crippen molar-refractivity contribution in [2.75, 3.05) is 44.7 Å². The maximum atomic E-state index is 13.0. The summed E-state index contributed by atoms with van der Waals surface area (Å²) in [7, 11) is 0. The lowest BCUT2D eigenvalue weighted by Crippen LogP contribution is -2.50. The van der Waals surface area contributed by atoms with E-state index >= 15 is 0 Å². The molecule has 2 aromatic carbocycles. The van der Waals surface area contributed by atoms with Crippen molar-refractivity contribution in [3.63, 3.8) is 0 Å². The SMILES string of the molecule is CCOC(=O)N1CCN(C(=O)c2ccccc2OCC(=O)Nc2ccc(Br)cc2)CC1. The van der Waals surface area contributed by atoms with Gasteiger partial charge in [0.05, 0.1) is 12.2 Å². The molecule has 0 spiro atoms. The van der Waals surface area contributed by atoms with Crippen LogP contribution < -0.4 is 10.1 Å². The van der Waals surface area contributed by atoms with Gasteiger partial charge in [-0.05, 0) is 43.3 Å². The van der Waals surface area contributed by atoms with Gasteiger partial charge in [-0.1, -0.05) is 28.1 Å². The number of hydrogen-bond donors (Lipinski definition) is 1. The second-order valence-corrected chi connectivity index (χ2v) is 7.73. The first-order valence-electron chi connectivity index (χ1n) is 9.96. The molecule has 8 nitrogen and oxygen atoms in total. The largest absolute Gasteiger partial charge is 0.483 e. The predicted molar refractivity (Wildman–Crippen MR) is 119 cm³/mol. The number of ether oxygens (including phenoxy) is 2. The molecule has 1 heterocycles.